The van der Waals surface area contributed by atoms with Crippen LogP contribution in [-0.4, -0.2) is 12.1 Å². The molecule has 0 radical (unpaired) electrons. The maximum absolute atomic E-state index is 11.0. The van der Waals surface area contributed by atoms with Gasteiger partial charge in [0.15, 0.2) is 0 Å². The number of fused-ring (bicyclic) bond motifs is 1. The van der Waals surface area contributed by atoms with Crippen molar-refractivity contribution in [3.63, 3.8) is 0 Å². The van der Waals surface area contributed by atoms with Crippen molar-refractivity contribution in [2.24, 2.45) is 11.8 Å². The van der Waals surface area contributed by atoms with Crippen molar-refractivity contribution in [1.82, 2.24) is 0 Å². The molecule has 0 N–H and O–H groups in total. The zero-order valence-electron chi connectivity index (χ0n) is 7.58. The molecule has 1 saturated heterocycles. The molecule has 2 rings (SSSR count). The third-order valence-electron chi connectivity index (χ3n) is 3.18. The molecule has 0 aromatic rings. The highest BCUT2D eigenvalue weighted by Gasteiger charge is 2.34. The van der Waals surface area contributed by atoms with Crippen LogP contribution < -0.4 is 0 Å². The highest BCUT2D eigenvalue weighted by Crippen LogP contribution is 2.36. The number of esters is 1. The van der Waals surface area contributed by atoms with Gasteiger partial charge >= 0.3 is 5.97 Å². The van der Waals surface area contributed by atoms with Gasteiger partial charge in [-0.05, 0) is 37.5 Å². The number of hydrogen-bond acceptors (Lipinski definition) is 2. The van der Waals surface area contributed by atoms with E-state index in [-0.39, 0.29) is 12.1 Å². The van der Waals surface area contributed by atoms with Crippen molar-refractivity contribution in [3.8, 4) is 0 Å². The van der Waals surface area contributed by atoms with Crippen LogP contribution in [0.5, 0.6) is 0 Å². The predicted molar refractivity (Wildman–Crippen MR) is 45.6 cm³/mol. The summed E-state index contributed by atoms with van der Waals surface area (Å²) < 4.78 is 5.30. The Labute approximate surface area is 73.3 Å². The fourth-order valence-electron chi connectivity index (χ4n) is 2.46. The van der Waals surface area contributed by atoms with E-state index in [1.165, 1.54) is 12.8 Å². The van der Waals surface area contributed by atoms with Crippen molar-refractivity contribution in [3.05, 3.63) is 0 Å². The predicted octanol–water partition coefficient (Wildman–Crippen LogP) is 2.13. The van der Waals surface area contributed by atoms with Crippen molar-refractivity contribution >= 4 is 5.97 Å². The summed E-state index contributed by atoms with van der Waals surface area (Å²) in [4.78, 5) is 11.0. The first-order chi connectivity index (χ1) is 5.75. The number of hydrogen-bond donors (Lipinski definition) is 0. The summed E-state index contributed by atoms with van der Waals surface area (Å²) in [5, 5.41) is 0. The number of rotatable bonds is 0. The highest BCUT2D eigenvalue weighted by molar-refractivity contribution is 5.70. The molecular weight excluding hydrogens is 152 g/mol. The average molecular weight is 168 g/mol. The first-order valence-corrected chi connectivity index (χ1v) is 4.95. The monoisotopic (exact) mass is 168 g/mol. The van der Waals surface area contributed by atoms with E-state index in [0.29, 0.717) is 12.3 Å². The average Bonchev–Trinajstić information content (AvgIpc) is 2.05. The smallest absolute Gasteiger partial charge is 0.306 e. The third-order valence-corrected chi connectivity index (χ3v) is 3.18. The Morgan fingerprint density at radius 1 is 1.33 bits per heavy atom. The minimum atomic E-state index is 0.0193. The van der Waals surface area contributed by atoms with E-state index in [1.54, 1.807) is 0 Å². The fourth-order valence-corrected chi connectivity index (χ4v) is 2.46. The molecule has 12 heavy (non-hydrogen) atoms. The van der Waals surface area contributed by atoms with Gasteiger partial charge in [-0.25, -0.2) is 0 Å². The van der Waals surface area contributed by atoms with Crippen LogP contribution in [0.3, 0.4) is 0 Å². The minimum absolute atomic E-state index is 0.0193. The Morgan fingerprint density at radius 3 is 3.00 bits per heavy atom. The number of ether oxygens (including phenoxy) is 1. The first-order valence-electron chi connectivity index (χ1n) is 4.95. The lowest BCUT2D eigenvalue weighted by molar-refractivity contribution is -0.161. The van der Waals surface area contributed by atoms with Gasteiger partial charge in [-0.15, -0.1) is 0 Å². The molecule has 0 amide bonds. The van der Waals surface area contributed by atoms with Gasteiger partial charge in [0.05, 0.1) is 0 Å². The van der Waals surface area contributed by atoms with Crippen LogP contribution in [0, 0.1) is 11.8 Å². The standard InChI is InChI=1S/C10H16O2/c1-7-2-4-9-8(6-7)3-5-10(11)12-9/h7-9H,2-6H2,1H3/t7-,8-,9-/m1/s1. The molecule has 2 nitrogen and oxygen atoms in total. The molecule has 1 saturated carbocycles. The molecule has 0 aromatic carbocycles. The second-order valence-corrected chi connectivity index (χ2v) is 4.25. The Morgan fingerprint density at radius 2 is 2.17 bits per heavy atom. The zero-order chi connectivity index (χ0) is 8.55. The summed E-state index contributed by atoms with van der Waals surface area (Å²) in [6.07, 6.45) is 5.56. The second-order valence-electron chi connectivity index (χ2n) is 4.25. The Bertz CT molecular complexity index is 188. The Balaban J connectivity index is 1.98. The molecule has 2 aliphatic rings. The topological polar surface area (TPSA) is 26.3 Å². The van der Waals surface area contributed by atoms with Gasteiger partial charge in [0.25, 0.3) is 0 Å². The lowest BCUT2D eigenvalue weighted by atomic mass is 9.77. The number of carbonyl (C=O) groups excluding carboxylic acids is 1. The van der Waals surface area contributed by atoms with E-state index >= 15 is 0 Å². The lowest BCUT2D eigenvalue weighted by Crippen LogP contribution is -2.36. The van der Waals surface area contributed by atoms with Crippen molar-refractivity contribution < 1.29 is 9.53 Å². The van der Waals surface area contributed by atoms with Crippen LogP contribution in [0.25, 0.3) is 0 Å². The number of carbonyl (C=O) groups is 1. The normalized spacial score (nSPS) is 41.8. The molecular formula is C10H16O2. The molecule has 3 atom stereocenters. The first kappa shape index (κ1) is 8.09. The van der Waals surface area contributed by atoms with Gasteiger partial charge in [0.1, 0.15) is 6.10 Å². The molecule has 2 heteroatoms. The van der Waals surface area contributed by atoms with Crippen LogP contribution in [0.2, 0.25) is 0 Å². The summed E-state index contributed by atoms with van der Waals surface area (Å²) in [5.41, 5.74) is 0. The molecule has 0 unspecified atom stereocenters. The minimum Gasteiger partial charge on any atom is -0.462 e. The molecule has 1 aliphatic carbocycles. The van der Waals surface area contributed by atoms with Crippen LogP contribution in [-0.2, 0) is 9.53 Å². The van der Waals surface area contributed by atoms with Crippen molar-refractivity contribution in [1.29, 1.82) is 0 Å². The summed E-state index contributed by atoms with van der Waals surface area (Å²) in [5.74, 6) is 1.53. The van der Waals surface area contributed by atoms with E-state index in [1.807, 2.05) is 0 Å². The molecule has 0 aromatic heterocycles. The van der Waals surface area contributed by atoms with Crippen molar-refractivity contribution in [2.75, 3.05) is 0 Å². The zero-order valence-corrected chi connectivity index (χ0v) is 7.58. The summed E-state index contributed by atoms with van der Waals surface area (Å²) >= 11 is 0. The van der Waals surface area contributed by atoms with E-state index in [2.05, 4.69) is 6.92 Å². The molecule has 1 aliphatic heterocycles. The maximum atomic E-state index is 11.0. The summed E-state index contributed by atoms with van der Waals surface area (Å²) in [7, 11) is 0. The van der Waals surface area contributed by atoms with E-state index in [0.717, 1.165) is 18.8 Å². The Kier molecular flexibility index (Phi) is 2.07. The SMILES string of the molecule is C[C@@H]1CC[C@H]2OC(=O)CC[C@@H]2C1. The van der Waals surface area contributed by atoms with Gasteiger partial charge in [0.2, 0.25) is 0 Å². The van der Waals surface area contributed by atoms with E-state index in [4.69, 9.17) is 4.74 Å². The Hall–Kier alpha value is -0.530. The second kappa shape index (κ2) is 3.08. The van der Waals surface area contributed by atoms with Crippen LogP contribution in [0.15, 0.2) is 0 Å². The highest BCUT2D eigenvalue weighted by atomic mass is 16.5. The van der Waals surface area contributed by atoms with Crippen molar-refractivity contribution in [2.45, 2.75) is 45.1 Å². The third kappa shape index (κ3) is 1.47. The van der Waals surface area contributed by atoms with Gasteiger partial charge in [-0.3, -0.25) is 4.79 Å². The van der Waals surface area contributed by atoms with E-state index in [9.17, 15) is 4.79 Å². The summed E-state index contributed by atoms with van der Waals surface area (Å²) in [6.45, 7) is 2.30. The molecule has 68 valence electrons. The van der Waals surface area contributed by atoms with Gasteiger partial charge in [-0.1, -0.05) is 6.92 Å². The fraction of sp³-hybridized carbons (Fsp3) is 0.900. The quantitative estimate of drug-likeness (QED) is 0.518. The molecule has 2 fully saturated rings. The largest absolute Gasteiger partial charge is 0.462 e. The lowest BCUT2D eigenvalue weighted by Gasteiger charge is -2.37. The maximum Gasteiger partial charge on any atom is 0.306 e. The van der Waals surface area contributed by atoms with Gasteiger partial charge < -0.3 is 4.74 Å². The molecule has 1 heterocycles. The molecule has 0 spiro atoms. The summed E-state index contributed by atoms with van der Waals surface area (Å²) in [6, 6.07) is 0. The van der Waals surface area contributed by atoms with Crippen LogP contribution in [0.4, 0.5) is 0 Å². The van der Waals surface area contributed by atoms with E-state index < -0.39 is 0 Å². The van der Waals surface area contributed by atoms with Crippen LogP contribution >= 0.6 is 0 Å². The molecule has 0 bridgehead atoms. The van der Waals surface area contributed by atoms with Gasteiger partial charge in [-0.2, -0.15) is 0 Å². The van der Waals surface area contributed by atoms with Crippen LogP contribution in [0.1, 0.15) is 39.0 Å². The van der Waals surface area contributed by atoms with Gasteiger partial charge in [0, 0.05) is 6.42 Å².